The second-order valence-corrected chi connectivity index (χ2v) is 5.98. The van der Waals surface area contributed by atoms with Crippen molar-refractivity contribution in [3.05, 3.63) is 23.6 Å². The Hall–Kier alpha value is -1.65. The summed E-state index contributed by atoms with van der Waals surface area (Å²) < 4.78 is 13.5. The van der Waals surface area contributed by atoms with E-state index in [9.17, 15) is 9.18 Å². The summed E-state index contributed by atoms with van der Waals surface area (Å²) in [4.78, 5) is 18.8. The Kier molecular flexibility index (Phi) is 4.08. The zero-order valence-electron chi connectivity index (χ0n) is 12.4. The molecule has 1 amide bonds. The summed E-state index contributed by atoms with van der Waals surface area (Å²) in [5.41, 5.74) is 0.364. The fraction of sp³-hybridized carbons (Fsp3) is 0.625. The van der Waals surface area contributed by atoms with Crippen molar-refractivity contribution in [2.75, 3.05) is 18.4 Å². The van der Waals surface area contributed by atoms with Crippen molar-refractivity contribution in [3.8, 4) is 0 Å². The van der Waals surface area contributed by atoms with Gasteiger partial charge in [0.15, 0.2) is 0 Å². The highest BCUT2D eigenvalue weighted by Gasteiger charge is 2.39. The first-order chi connectivity index (χ1) is 10.2. The maximum absolute atomic E-state index is 13.5. The van der Waals surface area contributed by atoms with Gasteiger partial charge in [0.2, 0.25) is 0 Å². The molecular formula is C16H22FN3O. The number of pyridine rings is 1. The van der Waals surface area contributed by atoms with Crippen LogP contribution < -0.4 is 5.32 Å². The summed E-state index contributed by atoms with van der Waals surface area (Å²) in [6.07, 6.45) is 6.99. The molecule has 1 aliphatic heterocycles. The second-order valence-electron chi connectivity index (χ2n) is 5.98. The molecule has 2 unspecified atom stereocenters. The maximum atomic E-state index is 13.5. The standard InChI is InChI=1S/C16H22FN3O/c1-2-18-15-13(9-12(17)10-19-15)16(21)20-8-7-11-5-3-4-6-14(11)20/h9-11,14H,2-8H2,1H3,(H,18,19). The number of hydrogen-bond acceptors (Lipinski definition) is 3. The molecule has 0 radical (unpaired) electrons. The van der Waals surface area contributed by atoms with Crippen molar-refractivity contribution >= 4 is 11.7 Å². The predicted octanol–water partition coefficient (Wildman–Crippen LogP) is 3.06. The van der Waals surface area contributed by atoms with Gasteiger partial charge in [0.25, 0.3) is 5.91 Å². The van der Waals surface area contributed by atoms with E-state index in [2.05, 4.69) is 10.3 Å². The van der Waals surface area contributed by atoms with E-state index in [0.717, 1.165) is 25.6 Å². The molecule has 2 heterocycles. The topological polar surface area (TPSA) is 45.2 Å². The molecule has 114 valence electrons. The minimum absolute atomic E-state index is 0.0765. The van der Waals surface area contributed by atoms with Gasteiger partial charge in [-0.15, -0.1) is 0 Å². The van der Waals surface area contributed by atoms with Crippen molar-refractivity contribution in [1.29, 1.82) is 0 Å². The van der Waals surface area contributed by atoms with Gasteiger partial charge in [0.1, 0.15) is 11.6 Å². The van der Waals surface area contributed by atoms with E-state index < -0.39 is 5.82 Å². The molecule has 0 aromatic carbocycles. The van der Waals surface area contributed by atoms with E-state index in [-0.39, 0.29) is 5.91 Å². The van der Waals surface area contributed by atoms with Crippen LogP contribution in [0.5, 0.6) is 0 Å². The molecule has 2 aliphatic rings. The van der Waals surface area contributed by atoms with Gasteiger partial charge in [0.05, 0.1) is 11.8 Å². The van der Waals surface area contributed by atoms with Crippen molar-refractivity contribution in [2.45, 2.75) is 45.1 Å². The van der Waals surface area contributed by atoms with E-state index in [1.54, 1.807) is 0 Å². The first kappa shape index (κ1) is 14.3. The fourth-order valence-corrected chi connectivity index (χ4v) is 3.72. The van der Waals surface area contributed by atoms with Crippen molar-refractivity contribution in [2.24, 2.45) is 5.92 Å². The average Bonchev–Trinajstić information content (AvgIpc) is 2.92. The molecule has 1 saturated carbocycles. The van der Waals surface area contributed by atoms with Gasteiger partial charge in [-0.3, -0.25) is 4.79 Å². The van der Waals surface area contributed by atoms with Gasteiger partial charge in [-0.2, -0.15) is 0 Å². The van der Waals surface area contributed by atoms with Crippen molar-refractivity contribution in [1.82, 2.24) is 9.88 Å². The summed E-state index contributed by atoms with van der Waals surface area (Å²) in [6, 6.07) is 1.65. The minimum Gasteiger partial charge on any atom is -0.370 e. The minimum atomic E-state index is -0.459. The lowest BCUT2D eigenvalue weighted by Crippen LogP contribution is -2.39. The molecule has 1 aromatic rings. The van der Waals surface area contributed by atoms with Crippen LogP contribution in [-0.4, -0.2) is 34.9 Å². The van der Waals surface area contributed by atoms with Crippen LogP contribution >= 0.6 is 0 Å². The van der Waals surface area contributed by atoms with Crippen molar-refractivity contribution in [3.63, 3.8) is 0 Å². The molecule has 21 heavy (non-hydrogen) atoms. The van der Waals surface area contributed by atoms with Gasteiger partial charge >= 0.3 is 0 Å². The van der Waals surface area contributed by atoms with Crippen LogP contribution in [0.15, 0.2) is 12.3 Å². The Morgan fingerprint density at radius 1 is 1.43 bits per heavy atom. The first-order valence-electron chi connectivity index (χ1n) is 7.91. The molecule has 1 aromatic heterocycles. The number of nitrogens with zero attached hydrogens (tertiary/aromatic N) is 2. The molecule has 4 nitrogen and oxygen atoms in total. The Morgan fingerprint density at radius 2 is 2.24 bits per heavy atom. The largest absolute Gasteiger partial charge is 0.370 e. The zero-order valence-corrected chi connectivity index (χ0v) is 12.4. The normalized spacial score (nSPS) is 24.8. The first-order valence-corrected chi connectivity index (χ1v) is 7.91. The Bertz CT molecular complexity index is 534. The van der Waals surface area contributed by atoms with E-state index in [4.69, 9.17) is 0 Å². The van der Waals surface area contributed by atoms with Crippen molar-refractivity contribution < 1.29 is 9.18 Å². The highest BCUT2D eigenvalue weighted by molar-refractivity contribution is 5.99. The number of fused-ring (bicyclic) bond motifs is 1. The van der Waals surface area contributed by atoms with Gasteiger partial charge in [0, 0.05) is 19.1 Å². The number of aromatic nitrogens is 1. The number of carbonyl (C=O) groups excluding carboxylic acids is 1. The number of carbonyl (C=O) groups is 1. The summed E-state index contributed by atoms with van der Waals surface area (Å²) >= 11 is 0. The summed E-state index contributed by atoms with van der Waals surface area (Å²) in [5, 5.41) is 3.05. The molecular weight excluding hydrogens is 269 g/mol. The molecule has 3 rings (SSSR count). The van der Waals surface area contributed by atoms with E-state index in [0.29, 0.717) is 29.9 Å². The summed E-state index contributed by atoms with van der Waals surface area (Å²) in [5.74, 6) is 0.585. The number of halogens is 1. The number of nitrogens with one attached hydrogen (secondary N) is 1. The zero-order chi connectivity index (χ0) is 14.8. The van der Waals surface area contributed by atoms with Gasteiger partial charge < -0.3 is 10.2 Å². The van der Waals surface area contributed by atoms with E-state index in [1.165, 1.54) is 25.3 Å². The third-order valence-corrected chi connectivity index (χ3v) is 4.70. The molecule has 0 spiro atoms. The maximum Gasteiger partial charge on any atom is 0.257 e. The van der Waals surface area contributed by atoms with Gasteiger partial charge in [-0.05, 0) is 38.2 Å². The third kappa shape index (κ3) is 2.74. The van der Waals surface area contributed by atoms with Crippen LogP contribution in [0.3, 0.4) is 0 Å². The highest BCUT2D eigenvalue weighted by Crippen LogP contribution is 2.37. The second kappa shape index (κ2) is 6.00. The lowest BCUT2D eigenvalue weighted by Gasteiger charge is -2.32. The fourth-order valence-electron chi connectivity index (χ4n) is 3.72. The van der Waals surface area contributed by atoms with E-state index >= 15 is 0 Å². The highest BCUT2D eigenvalue weighted by atomic mass is 19.1. The van der Waals surface area contributed by atoms with Gasteiger partial charge in [-0.1, -0.05) is 12.8 Å². The predicted molar refractivity (Wildman–Crippen MR) is 79.8 cm³/mol. The SMILES string of the molecule is CCNc1ncc(F)cc1C(=O)N1CCC2CCCCC21. The molecule has 1 aliphatic carbocycles. The Morgan fingerprint density at radius 3 is 3.05 bits per heavy atom. The van der Waals surface area contributed by atoms with Crippen LogP contribution in [-0.2, 0) is 0 Å². The summed E-state index contributed by atoms with van der Waals surface area (Å²) in [6.45, 7) is 3.38. The molecule has 1 N–H and O–H groups in total. The average molecular weight is 291 g/mol. The third-order valence-electron chi connectivity index (χ3n) is 4.70. The Labute approximate surface area is 124 Å². The Balaban J connectivity index is 1.86. The monoisotopic (exact) mass is 291 g/mol. The van der Waals surface area contributed by atoms with Crippen LogP contribution in [0.2, 0.25) is 0 Å². The summed E-state index contributed by atoms with van der Waals surface area (Å²) in [7, 11) is 0. The number of likely N-dealkylation sites (tertiary alicyclic amines) is 1. The lowest BCUT2D eigenvalue weighted by molar-refractivity contribution is 0.0690. The lowest BCUT2D eigenvalue weighted by atomic mass is 9.85. The molecule has 2 fully saturated rings. The molecule has 5 heteroatoms. The molecule has 2 atom stereocenters. The quantitative estimate of drug-likeness (QED) is 0.931. The van der Waals surface area contributed by atoms with Crippen LogP contribution in [0.1, 0.15) is 49.4 Å². The smallest absolute Gasteiger partial charge is 0.257 e. The van der Waals surface area contributed by atoms with Crippen LogP contribution in [0, 0.1) is 11.7 Å². The number of amides is 1. The number of anilines is 1. The van der Waals surface area contributed by atoms with Crippen LogP contribution in [0.4, 0.5) is 10.2 Å². The number of rotatable bonds is 3. The van der Waals surface area contributed by atoms with Gasteiger partial charge in [-0.25, -0.2) is 9.37 Å². The van der Waals surface area contributed by atoms with Crippen LogP contribution in [0.25, 0.3) is 0 Å². The molecule has 1 saturated heterocycles. The molecule has 0 bridgehead atoms. The van der Waals surface area contributed by atoms with E-state index in [1.807, 2.05) is 11.8 Å². The number of hydrogen-bond donors (Lipinski definition) is 1.